The number of nitrogens with zero attached hydrogens (tertiary/aromatic N) is 3. The number of carbonyl (C=O) groups is 1. The van der Waals surface area contributed by atoms with Gasteiger partial charge in [-0.1, -0.05) is 29.8 Å². The normalized spacial score (nSPS) is 16.4. The Morgan fingerprint density at radius 2 is 1.88 bits per heavy atom. The minimum Gasteiger partial charge on any atom is -0.439 e. The van der Waals surface area contributed by atoms with Gasteiger partial charge in [-0.2, -0.15) is 0 Å². The fourth-order valence-corrected chi connectivity index (χ4v) is 4.26. The second-order valence-corrected chi connectivity index (χ2v) is 10.3. The summed E-state index contributed by atoms with van der Waals surface area (Å²) in [6.07, 6.45) is 2.82. The average Bonchev–Trinajstić information content (AvgIpc) is 3.10. The number of carbonyl (C=O) groups excluding carboxylic acids is 1. The number of aromatic nitrogens is 1. The highest BCUT2D eigenvalue weighted by atomic mass is 35.5. The number of rotatable bonds is 7. The van der Waals surface area contributed by atoms with Crippen molar-refractivity contribution in [2.75, 3.05) is 30.0 Å². The highest BCUT2D eigenvalue weighted by Gasteiger charge is 2.39. The Bertz CT molecular complexity index is 1200. The van der Waals surface area contributed by atoms with Gasteiger partial charge < -0.3 is 9.64 Å². The summed E-state index contributed by atoms with van der Waals surface area (Å²) in [6.45, 7) is 0.479. The van der Waals surface area contributed by atoms with Crippen LogP contribution in [-0.2, 0) is 9.84 Å². The van der Waals surface area contributed by atoms with Crippen LogP contribution in [0.1, 0.15) is 11.6 Å². The summed E-state index contributed by atoms with van der Waals surface area (Å²) >= 11 is 6.03. The second kappa shape index (κ2) is 9.18. The summed E-state index contributed by atoms with van der Waals surface area (Å²) in [5, 5.41) is 0.566. The van der Waals surface area contributed by atoms with E-state index in [4.69, 9.17) is 16.3 Å². The van der Waals surface area contributed by atoms with Gasteiger partial charge in [0.15, 0.2) is 0 Å². The highest BCUT2D eigenvalue weighted by Crippen LogP contribution is 2.36. The highest BCUT2D eigenvalue weighted by molar-refractivity contribution is 7.90. The number of benzene rings is 2. The first kappa shape index (κ1) is 22.1. The van der Waals surface area contributed by atoms with E-state index >= 15 is 0 Å². The van der Waals surface area contributed by atoms with Gasteiger partial charge in [0, 0.05) is 42.3 Å². The zero-order valence-electron chi connectivity index (χ0n) is 17.4. The number of sulfone groups is 1. The second-order valence-electron chi connectivity index (χ2n) is 7.56. The third-order valence-corrected chi connectivity index (χ3v) is 6.30. The number of hydrogen-bond acceptors (Lipinski definition) is 5. The Morgan fingerprint density at radius 1 is 1.09 bits per heavy atom. The van der Waals surface area contributed by atoms with Gasteiger partial charge in [0.1, 0.15) is 15.6 Å². The van der Waals surface area contributed by atoms with E-state index in [-0.39, 0.29) is 24.4 Å². The van der Waals surface area contributed by atoms with Crippen LogP contribution in [0.25, 0.3) is 0 Å². The van der Waals surface area contributed by atoms with Crippen LogP contribution in [-0.4, -0.2) is 49.4 Å². The van der Waals surface area contributed by atoms with Gasteiger partial charge in [0.2, 0.25) is 5.88 Å². The molecule has 2 aromatic carbocycles. The van der Waals surface area contributed by atoms with Crippen LogP contribution < -0.4 is 9.64 Å². The van der Waals surface area contributed by atoms with Gasteiger partial charge in [-0.3, -0.25) is 4.90 Å². The van der Waals surface area contributed by atoms with Gasteiger partial charge in [-0.05, 0) is 48.0 Å². The zero-order valence-corrected chi connectivity index (χ0v) is 19.0. The molecular weight excluding hydrogens is 450 g/mol. The molecule has 0 radical (unpaired) electrons. The largest absolute Gasteiger partial charge is 0.439 e. The van der Waals surface area contributed by atoms with Crippen molar-refractivity contribution in [3.8, 4) is 11.6 Å². The van der Waals surface area contributed by atoms with Crippen LogP contribution in [0, 0.1) is 0 Å². The van der Waals surface area contributed by atoms with Crippen LogP contribution in [0.2, 0.25) is 5.02 Å². The molecule has 32 heavy (non-hydrogen) atoms. The summed E-state index contributed by atoms with van der Waals surface area (Å²) in [7, 11) is -3.20. The first-order chi connectivity index (χ1) is 15.3. The quantitative estimate of drug-likeness (QED) is 0.504. The SMILES string of the molecule is CS(=O)(=O)CCN1C[C@H](c2cccc(Oc3ccccn3)c2)N(c2ccc(Cl)cc2)C1=O. The van der Waals surface area contributed by atoms with E-state index in [0.29, 0.717) is 28.9 Å². The fourth-order valence-electron chi connectivity index (χ4n) is 3.58. The maximum absolute atomic E-state index is 13.3. The Labute approximate surface area is 192 Å². The maximum Gasteiger partial charge on any atom is 0.325 e. The Kier molecular flexibility index (Phi) is 6.34. The third-order valence-electron chi connectivity index (χ3n) is 5.12. The molecule has 0 N–H and O–H groups in total. The third kappa shape index (κ3) is 5.20. The van der Waals surface area contributed by atoms with E-state index in [1.807, 2.05) is 36.4 Å². The maximum atomic E-state index is 13.3. The topological polar surface area (TPSA) is 79.8 Å². The van der Waals surface area contributed by atoms with E-state index in [2.05, 4.69) is 4.98 Å². The fraction of sp³-hybridized carbons (Fsp3) is 0.217. The number of ether oxygens (including phenoxy) is 1. The van der Waals surface area contributed by atoms with Gasteiger partial charge in [-0.15, -0.1) is 0 Å². The minimum atomic E-state index is -3.20. The van der Waals surface area contributed by atoms with Crippen molar-refractivity contribution in [3.05, 3.63) is 83.5 Å². The minimum absolute atomic E-state index is 0.0945. The molecule has 0 saturated carbocycles. The molecule has 3 aromatic rings. The Morgan fingerprint density at radius 3 is 2.56 bits per heavy atom. The van der Waals surface area contributed by atoms with Crippen LogP contribution in [0.3, 0.4) is 0 Å². The molecular formula is C23H22ClN3O4S. The van der Waals surface area contributed by atoms with Crippen molar-refractivity contribution in [1.29, 1.82) is 0 Å². The van der Waals surface area contributed by atoms with Crippen LogP contribution in [0.5, 0.6) is 11.6 Å². The number of hydrogen-bond donors (Lipinski definition) is 0. The molecule has 4 rings (SSSR count). The lowest BCUT2D eigenvalue weighted by molar-refractivity contribution is 0.223. The first-order valence-electron chi connectivity index (χ1n) is 10.0. The summed E-state index contributed by atoms with van der Waals surface area (Å²) in [6, 6.07) is 19.3. The molecule has 1 fully saturated rings. The predicted molar refractivity (Wildman–Crippen MR) is 124 cm³/mol. The monoisotopic (exact) mass is 471 g/mol. The van der Waals surface area contributed by atoms with Crippen LogP contribution in [0.4, 0.5) is 10.5 Å². The van der Waals surface area contributed by atoms with Gasteiger partial charge in [-0.25, -0.2) is 18.2 Å². The molecule has 2 amide bonds. The molecule has 1 aliphatic rings. The van der Waals surface area contributed by atoms with Gasteiger partial charge >= 0.3 is 6.03 Å². The molecule has 0 spiro atoms. The summed E-state index contributed by atoms with van der Waals surface area (Å²) < 4.78 is 29.2. The molecule has 0 unspecified atom stereocenters. The summed E-state index contributed by atoms with van der Waals surface area (Å²) in [4.78, 5) is 20.7. The standard InChI is InChI=1S/C23H22ClN3O4S/c1-32(29,30)14-13-26-16-21(27(23(26)28)19-10-8-18(24)9-11-19)17-5-4-6-20(15-17)31-22-7-2-3-12-25-22/h2-12,15,21H,13-14,16H2,1H3/t21-/m1/s1. The molecule has 9 heteroatoms. The molecule has 1 atom stereocenters. The molecule has 166 valence electrons. The molecule has 1 saturated heterocycles. The number of pyridine rings is 1. The van der Waals surface area contributed by atoms with E-state index in [0.717, 1.165) is 5.56 Å². The van der Waals surface area contributed by atoms with Crippen LogP contribution in [0.15, 0.2) is 72.9 Å². The number of anilines is 1. The summed E-state index contributed by atoms with van der Waals surface area (Å²) in [5.74, 6) is 0.971. The van der Waals surface area contributed by atoms with E-state index < -0.39 is 9.84 Å². The predicted octanol–water partition coefficient (Wildman–Crippen LogP) is 4.56. The van der Waals surface area contributed by atoms with Crippen LogP contribution >= 0.6 is 11.6 Å². The molecule has 0 aliphatic carbocycles. The lowest BCUT2D eigenvalue weighted by Gasteiger charge is -2.24. The zero-order chi connectivity index (χ0) is 22.7. The smallest absolute Gasteiger partial charge is 0.325 e. The lowest BCUT2D eigenvalue weighted by Crippen LogP contribution is -2.35. The van der Waals surface area contributed by atoms with E-state index in [1.165, 1.54) is 6.26 Å². The number of urea groups is 1. The molecule has 1 aliphatic heterocycles. The van der Waals surface area contributed by atoms with Crippen molar-refractivity contribution < 1.29 is 17.9 Å². The number of halogens is 1. The van der Waals surface area contributed by atoms with E-state index in [9.17, 15) is 13.2 Å². The van der Waals surface area contributed by atoms with Crippen molar-refractivity contribution in [1.82, 2.24) is 9.88 Å². The van der Waals surface area contributed by atoms with Crippen molar-refractivity contribution in [2.45, 2.75) is 6.04 Å². The average molecular weight is 472 g/mol. The molecule has 7 nitrogen and oxygen atoms in total. The van der Waals surface area contributed by atoms with E-state index in [1.54, 1.807) is 46.3 Å². The Hall–Kier alpha value is -3.10. The van der Waals surface area contributed by atoms with Gasteiger partial charge in [0.25, 0.3) is 0 Å². The van der Waals surface area contributed by atoms with Crippen molar-refractivity contribution in [3.63, 3.8) is 0 Å². The summed E-state index contributed by atoms with van der Waals surface area (Å²) in [5.41, 5.74) is 1.55. The first-order valence-corrected chi connectivity index (χ1v) is 12.4. The molecule has 1 aromatic heterocycles. The Balaban J connectivity index is 1.65. The molecule has 2 heterocycles. The lowest BCUT2D eigenvalue weighted by atomic mass is 10.1. The van der Waals surface area contributed by atoms with Gasteiger partial charge in [0.05, 0.1) is 11.8 Å². The number of amides is 2. The van der Waals surface area contributed by atoms with Crippen molar-refractivity contribution in [2.24, 2.45) is 0 Å². The molecule has 0 bridgehead atoms. The van der Waals surface area contributed by atoms with Crippen molar-refractivity contribution >= 4 is 33.2 Å².